The van der Waals surface area contributed by atoms with Crippen molar-refractivity contribution >= 4 is 62.3 Å². The first-order valence-electron chi connectivity index (χ1n) is 16.3. The maximum absolute atomic E-state index is 12.2. The molecule has 1 aliphatic heterocycles. The highest BCUT2D eigenvalue weighted by atomic mass is 33.1. The Morgan fingerprint density at radius 3 is 2.67 bits per heavy atom. The Labute approximate surface area is 321 Å². The Balaban J connectivity index is 1.72. The van der Waals surface area contributed by atoms with Gasteiger partial charge in [0.1, 0.15) is 48.7 Å². The van der Waals surface area contributed by atoms with Gasteiger partial charge in [-0.15, -0.1) is 16.0 Å². The van der Waals surface area contributed by atoms with Crippen molar-refractivity contribution in [2.75, 3.05) is 71.8 Å². The number of hydrogen-bond acceptors (Lipinski definition) is 16. The third-order valence-corrected chi connectivity index (χ3v) is 10.5. The Morgan fingerprint density at radius 1 is 1.15 bits per heavy atom. The van der Waals surface area contributed by atoms with Crippen molar-refractivity contribution in [3.63, 3.8) is 0 Å². The topological polar surface area (TPSA) is 192 Å². The molecule has 0 saturated carbocycles. The van der Waals surface area contributed by atoms with Crippen molar-refractivity contribution in [2.45, 2.75) is 55.5 Å². The lowest BCUT2D eigenvalue weighted by molar-refractivity contribution is -0.758. The molecule has 1 aromatic carbocycles. The highest BCUT2D eigenvalue weighted by molar-refractivity contribution is 8.76. The third kappa shape index (κ3) is 20.1. The zero-order chi connectivity index (χ0) is 38.0. The van der Waals surface area contributed by atoms with Gasteiger partial charge in [-0.25, -0.2) is 0 Å². The van der Waals surface area contributed by atoms with Crippen LogP contribution in [-0.4, -0.2) is 131 Å². The second-order valence-electron chi connectivity index (χ2n) is 10.6. The fourth-order valence-corrected chi connectivity index (χ4v) is 7.39. The zero-order valence-electron chi connectivity index (χ0n) is 29.7. The Hall–Kier alpha value is -2.50. The van der Waals surface area contributed by atoms with Crippen molar-refractivity contribution < 1.29 is 47.9 Å². The van der Waals surface area contributed by atoms with Crippen molar-refractivity contribution in [1.82, 2.24) is 10.6 Å². The van der Waals surface area contributed by atoms with Crippen molar-refractivity contribution in [3.8, 4) is 29.3 Å². The van der Waals surface area contributed by atoms with Crippen LogP contribution in [0.4, 0.5) is 0 Å². The lowest BCUT2D eigenvalue weighted by atomic mass is 9.71. The Kier molecular flexibility index (Phi) is 24.6. The molecule has 20 heteroatoms. The van der Waals surface area contributed by atoms with Crippen LogP contribution >= 0.6 is 43.2 Å². The van der Waals surface area contributed by atoms with Gasteiger partial charge in [0, 0.05) is 24.7 Å². The number of carbonyl (C=O) groups is 2. The number of nitrogens with two attached hydrogens (primary N) is 1. The number of carbonyl (C=O) groups excluding carboxylic acids is 2. The molecular formula is C32H47BN4O11S4. The summed E-state index contributed by atoms with van der Waals surface area (Å²) in [5.74, 6) is 11.7. The average Bonchev–Trinajstić information content (AvgIpc) is 3.51. The summed E-state index contributed by atoms with van der Waals surface area (Å²) < 4.78 is 35.3. The van der Waals surface area contributed by atoms with E-state index in [4.69, 9.17) is 34.2 Å². The van der Waals surface area contributed by atoms with E-state index >= 15 is 0 Å². The van der Waals surface area contributed by atoms with Gasteiger partial charge in [-0.2, -0.15) is 5.82 Å². The van der Waals surface area contributed by atoms with Gasteiger partial charge in [0.2, 0.25) is 13.2 Å². The minimum Gasteiger partial charge on any atom is -0.490 e. The number of nitrogens with zero attached hydrogens (tertiary/aromatic N) is 1. The van der Waals surface area contributed by atoms with Gasteiger partial charge >= 0.3 is 0 Å². The minimum absolute atomic E-state index is 0.134. The SMILES string of the molecule is CC#CC(C)OCC1O[C@@H](BC#CCNC(=O)COCCOC(COc2cccc(C(=O)NCCN)c2)SSC)C[C@H]1O[C@H](CO[N+](=O)[O-])SSC. The van der Waals surface area contributed by atoms with Crippen LogP contribution in [0.1, 0.15) is 30.6 Å². The number of hydrogen-bond donors (Lipinski definition) is 3. The minimum atomic E-state index is -0.843. The standard InChI is InChI=1S/C32H47BN4O11S4/c1-5-8-23(2)44-19-27-26(48-31(52-50-4)22-46-37(40)41)18-28(47-27)33-11-7-13-35-29(38)20-42-15-16-43-30(51-49-3)21-45-25-10-6-9-24(17-25)32(39)36-14-12-34/h6,9-10,17,23,26-28,30-31,33H,12-16,18-22,34H2,1-4H3,(H,35,38)(H,36,39)/t23?,26-,27?,28-,30?,31+/m1/s1. The summed E-state index contributed by atoms with van der Waals surface area (Å²) in [5, 5.41) is 15.3. The number of ether oxygens (including phenoxy) is 6. The molecule has 0 spiro atoms. The van der Waals surface area contributed by atoms with Crippen LogP contribution in [0.3, 0.4) is 0 Å². The van der Waals surface area contributed by atoms with Crippen LogP contribution in [0.2, 0.25) is 0 Å². The summed E-state index contributed by atoms with van der Waals surface area (Å²) in [7, 11) is 6.15. The van der Waals surface area contributed by atoms with Gasteiger partial charge in [0.05, 0.1) is 32.5 Å². The van der Waals surface area contributed by atoms with Gasteiger partial charge < -0.3 is 49.6 Å². The van der Waals surface area contributed by atoms with Crippen molar-refractivity contribution in [1.29, 1.82) is 0 Å². The van der Waals surface area contributed by atoms with Gasteiger partial charge in [-0.3, -0.25) is 9.59 Å². The summed E-state index contributed by atoms with van der Waals surface area (Å²) in [6, 6.07) is 6.61. The highest BCUT2D eigenvalue weighted by Crippen LogP contribution is 2.31. The van der Waals surface area contributed by atoms with E-state index in [9.17, 15) is 19.7 Å². The van der Waals surface area contributed by atoms with Gasteiger partial charge in [-0.05, 0) is 51.0 Å². The van der Waals surface area contributed by atoms with E-state index in [-0.39, 0.29) is 75.5 Å². The largest absolute Gasteiger partial charge is 0.490 e. The Bertz CT molecular complexity index is 1350. The fourth-order valence-electron chi connectivity index (χ4n) is 4.46. The summed E-state index contributed by atoms with van der Waals surface area (Å²) in [5.41, 5.74) is 5.04. The molecule has 15 nitrogen and oxygen atoms in total. The molecule has 0 bridgehead atoms. The van der Waals surface area contributed by atoms with Crippen LogP contribution in [0.25, 0.3) is 0 Å². The normalized spacial score (nSPS) is 18.1. The van der Waals surface area contributed by atoms with Crippen LogP contribution < -0.4 is 21.1 Å². The van der Waals surface area contributed by atoms with Gasteiger partial charge in [0.15, 0.2) is 0 Å². The number of nitrogens with one attached hydrogen (secondary N) is 2. The predicted octanol–water partition coefficient (Wildman–Crippen LogP) is 2.11. The first-order valence-corrected chi connectivity index (χ1v) is 21.6. The van der Waals surface area contributed by atoms with E-state index in [1.54, 1.807) is 31.2 Å². The lowest BCUT2D eigenvalue weighted by Crippen LogP contribution is -2.34. The molecule has 0 radical (unpaired) electrons. The monoisotopic (exact) mass is 802 g/mol. The molecule has 1 aromatic rings. The smallest absolute Gasteiger partial charge is 0.294 e. The predicted molar refractivity (Wildman–Crippen MR) is 208 cm³/mol. The van der Waals surface area contributed by atoms with Gasteiger partial charge in [0.25, 0.3) is 11.0 Å². The molecular weight excluding hydrogens is 755 g/mol. The van der Waals surface area contributed by atoms with E-state index in [2.05, 4.69) is 39.1 Å². The molecule has 2 amide bonds. The first kappa shape index (κ1) is 45.7. The average molecular weight is 803 g/mol. The van der Waals surface area contributed by atoms with Crippen LogP contribution in [0.15, 0.2) is 24.3 Å². The maximum atomic E-state index is 12.2. The Morgan fingerprint density at radius 2 is 1.94 bits per heavy atom. The molecule has 4 N–H and O–H groups in total. The molecule has 52 heavy (non-hydrogen) atoms. The van der Waals surface area contributed by atoms with Crippen molar-refractivity contribution in [3.05, 3.63) is 39.9 Å². The summed E-state index contributed by atoms with van der Waals surface area (Å²) in [6.07, 6.45) is 3.17. The summed E-state index contributed by atoms with van der Waals surface area (Å²) in [4.78, 5) is 39.7. The molecule has 2 rings (SSSR count). The van der Waals surface area contributed by atoms with Crippen LogP contribution in [-0.2, 0) is 33.3 Å². The van der Waals surface area contributed by atoms with Crippen LogP contribution in [0, 0.1) is 33.7 Å². The number of benzene rings is 1. The van der Waals surface area contributed by atoms with E-state index in [0.29, 0.717) is 38.1 Å². The number of amides is 2. The van der Waals surface area contributed by atoms with E-state index in [1.807, 2.05) is 19.4 Å². The quantitative estimate of drug-likeness (QED) is 0.0235. The van der Waals surface area contributed by atoms with Crippen molar-refractivity contribution in [2.24, 2.45) is 5.73 Å². The molecule has 1 saturated heterocycles. The highest BCUT2D eigenvalue weighted by Gasteiger charge is 2.38. The molecule has 6 atom stereocenters. The molecule has 1 heterocycles. The molecule has 0 aromatic heterocycles. The fraction of sp³-hybridized carbons (Fsp3) is 0.625. The van der Waals surface area contributed by atoms with E-state index in [0.717, 1.165) is 0 Å². The number of rotatable bonds is 26. The van der Waals surface area contributed by atoms with Gasteiger partial charge in [-0.1, -0.05) is 61.1 Å². The summed E-state index contributed by atoms with van der Waals surface area (Å²) in [6.45, 7) is 5.01. The third-order valence-electron chi connectivity index (χ3n) is 6.69. The maximum Gasteiger partial charge on any atom is 0.294 e. The first-order chi connectivity index (χ1) is 25.2. The molecule has 1 aliphatic rings. The molecule has 0 aliphatic carbocycles. The van der Waals surface area contributed by atoms with Crippen LogP contribution in [0.5, 0.6) is 5.75 Å². The van der Waals surface area contributed by atoms with E-state index in [1.165, 1.54) is 43.2 Å². The zero-order valence-corrected chi connectivity index (χ0v) is 33.0. The molecule has 3 unspecified atom stereocenters. The molecule has 288 valence electrons. The lowest BCUT2D eigenvalue weighted by Gasteiger charge is -2.24. The van der Waals surface area contributed by atoms with E-state index < -0.39 is 22.7 Å². The molecule has 1 fully saturated rings. The second kappa shape index (κ2) is 28.0. The summed E-state index contributed by atoms with van der Waals surface area (Å²) >= 11 is 0. The second-order valence-corrected chi connectivity index (χ2v) is 15.9.